The normalized spacial score (nSPS) is 17.9. The van der Waals surface area contributed by atoms with Crippen molar-refractivity contribution in [3.63, 3.8) is 0 Å². The van der Waals surface area contributed by atoms with E-state index >= 15 is 0 Å². The maximum Gasteiger partial charge on any atom is 0.263 e. The molecule has 0 aliphatic carbocycles. The number of fused-ring (bicyclic) bond motifs is 3. The highest BCUT2D eigenvalue weighted by molar-refractivity contribution is 7.91. The van der Waals surface area contributed by atoms with Gasteiger partial charge in [-0.1, -0.05) is 18.2 Å². The molecule has 1 aliphatic heterocycles. The number of likely N-dealkylation sites (N-methyl/N-ethyl adjacent to an activating group) is 1. The van der Waals surface area contributed by atoms with Crippen LogP contribution >= 0.6 is 12.2 Å². The molecule has 1 aromatic carbocycles. The van der Waals surface area contributed by atoms with Gasteiger partial charge in [-0.15, -0.1) is 11.7 Å². The average Bonchev–Trinajstić information content (AvgIpc) is 3.23. The fourth-order valence-electron chi connectivity index (χ4n) is 3.96. The van der Waals surface area contributed by atoms with Gasteiger partial charge in [-0.05, 0) is 37.8 Å². The zero-order chi connectivity index (χ0) is 23.0. The minimum Gasteiger partial charge on any atom is -0.351 e. The van der Waals surface area contributed by atoms with Gasteiger partial charge < -0.3 is 5.32 Å². The molecular formula is C20H24N6O4S2. The predicted molar refractivity (Wildman–Crippen MR) is 124 cm³/mol. The molecule has 1 amide bonds. The number of rotatable bonds is 7. The summed E-state index contributed by atoms with van der Waals surface area (Å²) >= 11 is 5.64. The second-order valence-electron chi connectivity index (χ2n) is 7.96. The standard InChI is InChI=1S/C20H24N6O4S2/c1-3-9-24-18(28)15-6-4-5-7-16(15)26-19(24)22-25(20(26)31)13-23(2)11-17(27)21-14-8-10-32(29,30)12-14/h3-7,14H,1,8-13H2,2H3,(H,21,27). The third-order valence-electron chi connectivity index (χ3n) is 5.38. The van der Waals surface area contributed by atoms with Crippen LogP contribution in [-0.2, 0) is 27.8 Å². The molecule has 170 valence electrons. The Morgan fingerprint density at radius 1 is 1.41 bits per heavy atom. The van der Waals surface area contributed by atoms with Gasteiger partial charge in [-0.3, -0.25) is 23.5 Å². The third kappa shape index (κ3) is 4.25. The second kappa shape index (κ2) is 8.60. The number of para-hydroxylation sites is 1. The van der Waals surface area contributed by atoms with Gasteiger partial charge in [0.1, 0.15) is 0 Å². The Hall–Kier alpha value is -2.83. The summed E-state index contributed by atoms with van der Waals surface area (Å²) in [6.07, 6.45) is 2.06. The Labute approximate surface area is 189 Å². The highest BCUT2D eigenvalue weighted by Crippen LogP contribution is 2.15. The number of sulfone groups is 1. The lowest BCUT2D eigenvalue weighted by Crippen LogP contribution is -2.42. The Morgan fingerprint density at radius 3 is 2.84 bits per heavy atom. The van der Waals surface area contributed by atoms with Gasteiger partial charge in [0, 0.05) is 12.6 Å². The molecule has 0 bridgehead atoms. The number of allylic oxidation sites excluding steroid dienone is 1. The summed E-state index contributed by atoms with van der Waals surface area (Å²) in [6, 6.07) is 6.84. The van der Waals surface area contributed by atoms with E-state index in [-0.39, 0.29) is 48.8 Å². The first kappa shape index (κ1) is 22.4. The summed E-state index contributed by atoms with van der Waals surface area (Å²) in [4.78, 5) is 27.0. The van der Waals surface area contributed by atoms with Gasteiger partial charge in [0.15, 0.2) is 9.84 Å². The third-order valence-corrected chi connectivity index (χ3v) is 7.54. The highest BCUT2D eigenvalue weighted by Gasteiger charge is 2.29. The number of nitrogens with zero attached hydrogens (tertiary/aromatic N) is 5. The molecule has 1 saturated heterocycles. The number of benzene rings is 1. The molecule has 4 rings (SSSR count). The smallest absolute Gasteiger partial charge is 0.263 e. The Morgan fingerprint density at radius 2 is 2.16 bits per heavy atom. The summed E-state index contributed by atoms with van der Waals surface area (Å²) in [5, 5.41) is 7.85. The maximum absolute atomic E-state index is 12.9. The van der Waals surface area contributed by atoms with Gasteiger partial charge in [-0.2, -0.15) is 0 Å². The van der Waals surface area contributed by atoms with E-state index in [9.17, 15) is 18.0 Å². The Kier molecular flexibility index (Phi) is 6.01. The number of nitrogens with one attached hydrogen (secondary N) is 1. The van der Waals surface area contributed by atoms with Crippen LogP contribution < -0.4 is 10.9 Å². The van der Waals surface area contributed by atoms with E-state index < -0.39 is 9.84 Å². The Bertz CT molecular complexity index is 1440. The van der Waals surface area contributed by atoms with Crippen LogP contribution in [0.15, 0.2) is 41.7 Å². The molecule has 10 nitrogen and oxygen atoms in total. The fraction of sp³-hybridized carbons (Fsp3) is 0.400. The van der Waals surface area contributed by atoms with E-state index in [4.69, 9.17) is 12.2 Å². The number of hydrogen-bond donors (Lipinski definition) is 1. The fourth-order valence-corrected chi connectivity index (χ4v) is 5.91. The highest BCUT2D eigenvalue weighted by atomic mass is 32.2. The van der Waals surface area contributed by atoms with Crippen molar-refractivity contribution in [1.29, 1.82) is 0 Å². The van der Waals surface area contributed by atoms with Crippen molar-refractivity contribution in [2.75, 3.05) is 25.1 Å². The van der Waals surface area contributed by atoms with Crippen molar-refractivity contribution in [2.24, 2.45) is 0 Å². The summed E-state index contributed by atoms with van der Waals surface area (Å²) in [5.74, 6) is 0.213. The average molecular weight is 477 g/mol. The van der Waals surface area contributed by atoms with E-state index in [0.717, 1.165) is 0 Å². The molecule has 0 spiro atoms. The number of carbonyl (C=O) groups is 1. The zero-order valence-corrected chi connectivity index (χ0v) is 19.2. The quantitative estimate of drug-likeness (QED) is 0.392. The molecule has 2 aromatic heterocycles. The Balaban J connectivity index is 1.60. The van der Waals surface area contributed by atoms with Crippen molar-refractivity contribution >= 4 is 44.6 Å². The lowest BCUT2D eigenvalue weighted by molar-refractivity contribution is -0.122. The van der Waals surface area contributed by atoms with Crippen LogP contribution in [0, 0.1) is 4.77 Å². The van der Waals surface area contributed by atoms with E-state index in [1.54, 1.807) is 39.2 Å². The largest absolute Gasteiger partial charge is 0.351 e. The van der Waals surface area contributed by atoms with Crippen LogP contribution in [0.25, 0.3) is 16.7 Å². The van der Waals surface area contributed by atoms with Gasteiger partial charge >= 0.3 is 0 Å². The second-order valence-corrected chi connectivity index (χ2v) is 10.6. The molecule has 0 saturated carbocycles. The summed E-state index contributed by atoms with van der Waals surface area (Å²) in [6.45, 7) is 4.27. The summed E-state index contributed by atoms with van der Waals surface area (Å²) in [7, 11) is -1.32. The molecule has 1 atom stereocenters. The molecule has 32 heavy (non-hydrogen) atoms. The summed E-state index contributed by atoms with van der Waals surface area (Å²) in [5.41, 5.74) is 0.478. The van der Waals surface area contributed by atoms with Gasteiger partial charge in [-0.25, -0.2) is 13.1 Å². The van der Waals surface area contributed by atoms with Crippen molar-refractivity contribution in [3.05, 3.63) is 52.0 Å². The van der Waals surface area contributed by atoms with Crippen molar-refractivity contribution in [3.8, 4) is 0 Å². The molecule has 1 fully saturated rings. The van der Waals surface area contributed by atoms with E-state index in [1.165, 1.54) is 4.57 Å². The number of aromatic nitrogens is 4. The molecule has 1 aliphatic rings. The molecule has 1 N–H and O–H groups in total. The van der Waals surface area contributed by atoms with Gasteiger partial charge in [0.25, 0.3) is 5.56 Å². The monoisotopic (exact) mass is 476 g/mol. The van der Waals surface area contributed by atoms with Crippen LogP contribution in [0.5, 0.6) is 0 Å². The van der Waals surface area contributed by atoms with Crippen LogP contribution in [0.4, 0.5) is 0 Å². The number of hydrogen-bond acceptors (Lipinski definition) is 7. The van der Waals surface area contributed by atoms with Crippen molar-refractivity contribution in [1.82, 2.24) is 29.0 Å². The first-order valence-corrected chi connectivity index (χ1v) is 12.3. The minimum atomic E-state index is -3.06. The number of carbonyl (C=O) groups excluding carboxylic acids is 1. The molecular weight excluding hydrogens is 452 g/mol. The SMILES string of the molecule is C=CCn1c(=O)c2ccccc2n2c(=S)n(CN(C)CC(=O)NC3CCS(=O)(=O)C3)nc12. The van der Waals surface area contributed by atoms with Crippen molar-refractivity contribution < 1.29 is 13.2 Å². The van der Waals surface area contributed by atoms with Crippen LogP contribution in [0.2, 0.25) is 0 Å². The summed E-state index contributed by atoms with van der Waals surface area (Å²) < 4.78 is 28.4. The lowest BCUT2D eigenvalue weighted by Gasteiger charge is -2.17. The molecule has 3 aromatic rings. The van der Waals surface area contributed by atoms with Gasteiger partial charge in [0.05, 0.1) is 35.6 Å². The predicted octanol–water partition coefficient (Wildman–Crippen LogP) is 0.559. The van der Waals surface area contributed by atoms with E-state index in [1.807, 2.05) is 12.1 Å². The maximum atomic E-state index is 12.9. The number of amides is 1. The van der Waals surface area contributed by atoms with Crippen LogP contribution in [-0.4, -0.2) is 69.1 Å². The lowest BCUT2D eigenvalue weighted by atomic mass is 10.2. The van der Waals surface area contributed by atoms with Crippen molar-refractivity contribution in [2.45, 2.75) is 25.7 Å². The first-order valence-electron chi connectivity index (χ1n) is 10.1. The van der Waals surface area contributed by atoms with Gasteiger partial charge in [0.2, 0.25) is 16.5 Å². The first-order chi connectivity index (χ1) is 15.2. The van der Waals surface area contributed by atoms with Crippen LogP contribution in [0.3, 0.4) is 0 Å². The van der Waals surface area contributed by atoms with Crippen LogP contribution in [0.1, 0.15) is 6.42 Å². The molecule has 1 unspecified atom stereocenters. The molecule has 12 heteroatoms. The minimum absolute atomic E-state index is 0.0200. The van der Waals surface area contributed by atoms with E-state index in [2.05, 4.69) is 17.0 Å². The van der Waals surface area contributed by atoms with E-state index in [0.29, 0.717) is 27.9 Å². The topological polar surface area (TPSA) is 111 Å². The zero-order valence-electron chi connectivity index (χ0n) is 17.6. The molecule has 0 radical (unpaired) electrons. The molecule has 3 heterocycles.